The van der Waals surface area contributed by atoms with Crippen LogP contribution in [0.15, 0.2) is 59.5 Å². The van der Waals surface area contributed by atoms with Gasteiger partial charge in [-0.1, -0.05) is 42.5 Å². The van der Waals surface area contributed by atoms with E-state index in [9.17, 15) is 4.79 Å². The molecule has 1 unspecified atom stereocenters. The van der Waals surface area contributed by atoms with Crippen LogP contribution in [0.25, 0.3) is 0 Å². The molecule has 0 heterocycles. The lowest BCUT2D eigenvalue weighted by atomic mass is 9.77. The summed E-state index contributed by atoms with van der Waals surface area (Å²) >= 11 is 1.81. The Balaban J connectivity index is 1.31. The minimum atomic E-state index is 0.179. The molecule has 0 fully saturated rings. The summed E-state index contributed by atoms with van der Waals surface area (Å²) in [6, 6.07) is 18.8. The Kier molecular flexibility index (Phi) is 5.17. The lowest BCUT2D eigenvalue weighted by molar-refractivity contribution is -0.121. The van der Waals surface area contributed by atoms with Crippen molar-refractivity contribution in [1.29, 1.82) is 0 Å². The number of thioether (sulfide) groups is 1. The summed E-state index contributed by atoms with van der Waals surface area (Å²) in [6.07, 6.45) is 2.64. The summed E-state index contributed by atoms with van der Waals surface area (Å²) in [5, 5.41) is 3.08. The van der Waals surface area contributed by atoms with Gasteiger partial charge in [0.25, 0.3) is 0 Å². The van der Waals surface area contributed by atoms with Gasteiger partial charge in [-0.05, 0) is 41.9 Å². The first kappa shape index (κ1) is 15.2. The molecular formula is C19H21NOS. The zero-order valence-corrected chi connectivity index (χ0v) is 13.4. The van der Waals surface area contributed by atoms with E-state index in [0.717, 1.165) is 25.1 Å². The van der Waals surface area contributed by atoms with Crippen molar-refractivity contribution in [3.63, 3.8) is 0 Å². The van der Waals surface area contributed by atoms with Gasteiger partial charge in [-0.2, -0.15) is 0 Å². The third-order valence-corrected chi connectivity index (χ3v) is 5.17. The standard InChI is InChI=1S/C19H21NOS/c21-19(11-6-12-22-17-8-2-1-3-9-17)20-14-16-13-15-7-4-5-10-18(15)16/h1-5,7-10,16H,6,11-14H2,(H,20,21). The van der Waals surface area contributed by atoms with Crippen LogP contribution >= 0.6 is 11.8 Å². The van der Waals surface area contributed by atoms with Crippen LogP contribution in [0, 0.1) is 0 Å². The van der Waals surface area contributed by atoms with Gasteiger partial charge in [-0.3, -0.25) is 4.79 Å². The second-order valence-corrected chi connectivity index (χ2v) is 6.84. The fraction of sp³-hybridized carbons (Fsp3) is 0.316. The van der Waals surface area contributed by atoms with Gasteiger partial charge in [0, 0.05) is 23.8 Å². The van der Waals surface area contributed by atoms with Gasteiger partial charge in [0.15, 0.2) is 0 Å². The molecule has 1 amide bonds. The van der Waals surface area contributed by atoms with Crippen LogP contribution in [0.5, 0.6) is 0 Å². The smallest absolute Gasteiger partial charge is 0.220 e. The fourth-order valence-corrected chi connectivity index (χ4v) is 3.68. The zero-order chi connectivity index (χ0) is 15.2. The second kappa shape index (κ2) is 7.50. The van der Waals surface area contributed by atoms with Gasteiger partial charge in [0.1, 0.15) is 0 Å². The molecule has 1 aliphatic carbocycles. The molecule has 0 aromatic heterocycles. The van der Waals surface area contributed by atoms with E-state index < -0.39 is 0 Å². The van der Waals surface area contributed by atoms with Crippen LogP contribution in [0.4, 0.5) is 0 Å². The maximum Gasteiger partial charge on any atom is 0.220 e. The predicted molar refractivity (Wildman–Crippen MR) is 92.3 cm³/mol. The highest BCUT2D eigenvalue weighted by Crippen LogP contribution is 2.33. The highest BCUT2D eigenvalue weighted by molar-refractivity contribution is 7.99. The highest BCUT2D eigenvalue weighted by atomic mass is 32.2. The number of carbonyl (C=O) groups excluding carboxylic acids is 1. The van der Waals surface area contributed by atoms with Crippen LogP contribution in [0.3, 0.4) is 0 Å². The van der Waals surface area contributed by atoms with Crippen molar-refractivity contribution < 1.29 is 4.79 Å². The molecule has 0 radical (unpaired) electrons. The summed E-state index contributed by atoms with van der Waals surface area (Å²) < 4.78 is 0. The molecule has 3 rings (SSSR count). The molecule has 2 aromatic rings. The van der Waals surface area contributed by atoms with E-state index >= 15 is 0 Å². The molecule has 0 bridgehead atoms. The Morgan fingerprint density at radius 2 is 1.86 bits per heavy atom. The molecule has 1 aliphatic rings. The minimum Gasteiger partial charge on any atom is -0.355 e. The molecule has 1 N–H and O–H groups in total. The van der Waals surface area contributed by atoms with E-state index in [2.05, 4.69) is 41.7 Å². The summed E-state index contributed by atoms with van der Waals surface area (Å²) in [5.74, 6) is 1.68. The molecule has 0 saturated carbocycles. The molecule has 0 aliphatic heterocycles. The van der Waals surface area contributed by atoms with Crippen LogP contribution in [-0.4, -0.2) is 18.2 Å². The van der Waals surface area contributed by atoms with Crippen molar-refractivity contribution in [1.82, 2.24) is 5.32 Å². The normalized spacial score (nSPS) is 15.7. The predicted octanol–water partition coefficient (Wildman–Crippen LogP) is 4.02. The zero-order valence-electron chi connectivity index (χ0n) is 12.6. The maximum absolute atomic E-state index is 11.9. The van der Waals surface area contributed by atoms with E-state index in [1.165, 1.54) is 16.0 Å². The lowest BCUT2D eigenvalue weighted by Crippen LogP contribution is -2.33. The molecule has 3 heteroatoms. The number of nitrogens with one attached hydrogen (secondary N) is 1. The first-order valence-corrected chi connectivity index (χ1v) is 8.84. The quantitative estimate of drug-likeness (QED) is 0.618. The first-order chi connectivity index (χ1) is 10.8. The number of hydrogen-bond acceptors (Lipinski definition) is 2. The van der Waals surface area contributed by atoms with Crippen molar-refractivity contribution in [2.45, 2.75) is 30.1 Å². The molecule has 22 heavy (non-hydrogen) atoms. The molecule has 1 atom stereocenters. The van der Waals surface area contributed by atoms with E-state index in [4.69, 9.17) is 0 Å². The number of amides is 1. The second-order valence-electron chi connectivity index (χ2n) is 5.67. The number of benzene rings is 2. The molecule has 2 nitrogen and oxygen atoms in total. The number of carbonyl (C=O) groups is 1. The Morgan fingerprint density at radius 1 is 1.09 bits per heavy atom. The van der Waals surface area contributed by atoms with E-state index in [1.54, 1.807) is 0 Å². The third kappa shape index (κ3) is 3.92. The van der Waals surface area contributed by atoms with Crippen molar-refractivity contribution in [3.05, 3.63) is 65.7 Å². The minimum absolute atomic E-state index is 0.179. The monoisotopic (exact) mass is 311 g/mol. The SMILES string of the molecule is O=C(CCCSc1ccccc1)NCC1Cc2ccccc21. The Morgan fingerprint density at radius 3 is 2.68 bits per heavy atom. The Labute approximate surface area is 136 Å². The highest BCUT2D eigenvalue weighted by Gasteiger charge is 2.25. The summed E-state index contributed by atoms with van der Waals surface area (Å²) in [4.78, 5) is 13.2. The van der Waals surface area contributed by atoms with Gasteiger partial charge < -0.3 is 5.32 Å². The number of fused-ring (bicyclic) bond motifs is 1. The van der Waals surface area contributed by atoms with E-state index in [-0.39, 0.29) is 5.91 Å². The number of hydrogen-bond donors (Lipinski definition) is 1. The van der Waals surface area contributed by atoms with Gasteiger partial charge >= 0.3 is 0 Å². The molecular weight excluding hydrogens is 290 g/mol. The number of rotatable bonds is 7. The van der Waals surface area contributed by atoms with Crippen molar-refractivity contribution >= 4 is 17.7 Å². The van der Waals surface area contributed by atoms with Crippen LogP contribution in [0.2, 0.25) is 0 Å². The topological polar surface area (TPSA) is 29.1 Å². The Hall–Kier alpha value is -1.74. The third-order valence-electron chi connectivity index (χ3n) is 4.07. The van der Waals surface area contributed by atoms with Gasteiger partial charge in [-0.15, -0.1) is 11.8 Å². The summed E-state index contributed by atoms with van der Waals surface area (Å²) in [7, 11) is 0. The maximum atomic E-state index is 11.9. The average Bonchev–Trinajstić information content (AvgIpc) is 2.53. The first-order valence-electron chi connectivity index (χ1n) is 7.85. The summed E-state index contributed by atoms with van der Waals surface area (Å²) in [6.45, 7) is 0.779. The molecule has 2 aromatic carbocycles. The van der Waals surface area contributed by atoms with E-state index in [0.29, 0.717) is 12.3 Å². The van der Waals surface area contributed by atoms with Gasteiger partial charge in [0.2, 0.25) is 5.91 Å². The van der Waals surface area contributed by atoms with Crippen molar-refractivity contribution in [3.8, 4) is 0 Å². The van der Waals surface area contributed by atoms with Gasteiger partial charge in [0.05, 0.1) is 0 Å². The van der Waals surface area contributed by atoms with E-state index in [1.807, 2.05) is 30.0 Å². The Bertz CT molecular complexity index is 626. The average molecular weight is 311 g/mol. The van der Waals surface area contributed by atoms with Crippen LogP contribution < -0.4 is 5.32 Å². The largest absolute Gasteiger partial charge is 0.355 e. The summed E-state index contributed by atoms with van der Waals surface area (Å²) in [5.41, 5.74) is 2.84. The molecule has 0 saturated heterocycles. The lowest BCUT2D eigenvalue weighted by Gasteiger charge is -2.30. The molecule has 0 spiro atoms. The van der Waals surface area contributed by atoms with Crippen LogP contribution in [0.1, 0.15) is 29.9 Å². The van der Waals surface area contributed by atoms with Crippen molar-refractivity contribution in [2.24, 2.45) is 0 Å². The fourth-order valence-electron chi connectivity index (χ4n) is 2.81. The van der Waals surface area contributed by atoms with Gasteiger partial charge in [-0.25, -0.2) is 0 Å². The van der Waals surface area contributed by atoms with Crippen LogP contribution in [-0.2, 0) is 11.2 Å². The molecule has 114 valence electrons. The van der Waals surface area contributed by atoms with Crippen molar-refractivity contribution in [2.75, 3.05) is 12.3 Å².